The van der Waals surface area contributed by atoms with Gasteiger partial charge in [-0.3, -0.25) is 0 Å². The van der Waals surface area contributed by atoms with Crippen LogP contribution in [0.2, 0.25) is 0 Å². The number of rotatable bonds is 6. The van der Waals surface area contributed by atoms with E-state index < -0.39 is 5.60 Å². The summed E-state index contributed by atoms with van der Waals surface area (Å²) in [5.74, 6) is 2.64. The number of benzene rings is 1. The fourth-order valence-corrected chi connectivity index (χ4v) is 5.21. The lowest BCUT2D eigenvalue weighted by atomic mass is 9.82. The molecule has 1 aliphatic heterocycles. The quantitative estimate of drug-likeness (QED) is 0.411. The first-order valence-corrected chi connectivity index (χ1v) is 12.9. The topological polar surface area (TPSA) is 38.8 Å². The van der Waals surface area contributed by atoms with Crippen molar-refractivity contribution in [1.82, 2.24) is 4.90 Å². The molecular weight excluding hydrogens is 454 g/mol. The van der Waals surface area contributed by atoms with Crippen molar-refractivity contribution >= 4 is 22.0 Å². The van der Waals surface area contributed by atoms with E-state index in [1.54, 1.807) is 0 Å². The molecule has 0 atom stereocenters. The van der Waals surface area contributed by atoms with E-state index in [0.29, 0.717) is 6.10 Å². The molecule has 0 aromatic heterocycles. The summed E-state index contributed by atoms with van der Waals surface area (Å²) >= 11 is 3.60. The van der Waals surface area contributed by atoms with Gasteiger partial charge in [0.1, 0.15) is 11.4 Å². The van der Waals surface area contributed by atoms with Crippen molar-refractivity contribution in [1.29, 1.82) is 0 Å². The van der Waals surface area contributed by atoms with Crippen LogP contribution in [0.4, 0.5) is 4.79 Å². The molecule has 4 nitrogen and oxygen atoms in total. The Bertz CT molecular complexity index is 714. The minimum absolute atomic E-state index is 0.150. The molecule has 2 aliphatic rings. The lowest BCUT2D eigenvalue weighted by Gasteiger charge is -2.34. The maximum atomic E-state index is 12.2. The van der Waals surface area contributed by atoms with Crippen molar-refractivity contribution in [2.24, 2.45) is 11.8 Å². The molecule has 1 saturated heterocycles. The Morgan fingerprint density at radius 1 is 1.03 bits per heavy atom. The van der Waals surface area contributed by atoms with E-state index in [0.717, 1.165) is 48.0 Å². The summed E-state index contributed by atoms with van der Waals surface area (Å²) < 4.78 is 12.9. The highest BCUT2D eigenvalue weighted by Crippen LogP contribution is 2.34. The molecule has 1 aromatic carbocycles. The van der Waals surface area contributed by atoms with Crippen LogP contribution in [0.25, 0.3) is 0 Å². The number of ether oxygens (including phenoxy) is 2. The van der Waals surface area contributed by atoms with Gasteiger partial charge < -0.3 is 14.4 Å². The second kappa shape index (κ2) is 11.1. The van der Waals surface area contributed by atoms with Crippen molar-refractivity contribution in [2.75, 3.05) is 13.1 Å². The van der Waals surface area contributed by atoms with E-state index in [2.05, 4.69) is 41.1 Å². The van der Waals surface area contributed by atoms with Crippen LogP contribution in [-0.2, 0) is 4.74 Å². The van der Waals surface area contributed by atoms with Crippen molar-refractivity contribution < 1.29 is 14.3 Å². The molecule has 3 rings (SSSR count). The Morgan fingerprint density at radius 3 is 2.26 bits per heavy atom. The molecule has 0 bridgehead atoms. The largest absolute Gasteiger partial charge is 0.490 e. The van der Waals surface area contributed by atoms with E-state index in [1.807, 2.05) is 25.7 Å². The SMILES string of the molecule is Cc1c(Br)cccc1O[C@H]1CC[C@@H](CCCC2CCN(C(=O)OC(C)(C)C)CC2)CC1. The van der Waals surface area contributed by atoms with Gasteiger partial charge in [-0.25, -0.2) is 4.79 Å². The van der Waals surface area contributed by atoms with E-state index in [1.165, 1.54) is 50.5 Å². The monoisotopic (exact) mass is 493 g/mol. The third kappa shape index (κ3) is 7.69. The van der Waals surface area contributed by atoms with E-state index >= 15 is 0 Å². The fraction of sp³-hybridized carbons (Fsp3) is 0.731. The molecule has 1 aromatic rings. The summed E-state index contributed by atoms with van der Waals surface area (Å²) in [5, 5.41) is 0. The van der Waals surface area contributed by atoms with Crippen molar-refractivity contribution in [3.8, 4) is 5.75 Å². The highest BCUT2D eigenvalue weighted by Gasteiger charge is 2.27. The van der Waals surface area contributed by atoms with Gasteiger partial charge in [0.15, 0.2) is 0 Å². The van der Waals surface area contributed by atoms with Gasteiger partial charge in [-0.2, -0.15) is 0 Å². The van der Waals surface area contributed by atoms with Crippen molar-refractivity contribution in [3.63, 3.8) is 0 Å². The molecule has 1 aliphatic carbocycles. The van der Waals surface area contributed by atoms with Gasteiger partial charge in [0.2, 0.25) is 0 Å². The highest BCUT2D eigenvalue weighted by molar-refractivity contribution is 9.10. The number of amides is 1. The molecule has 31 heavy (non-hydrogen) atoms. The Kier molecular flexibility index (Phi) is 8.72. The first-order chi connectivity index (χ1) is 14.7. The summed E-state index contributed by atoms with van der Waals surface area (Å²) in [6.07, 6.45) is 11.3. The average molecular weight is 495 g/mol. The van der Waals surface area contributed by atoms with E-state index in [9.17, 15) is 4.79 Å². The second-order valence-corrected chi connectivity index (χ2v) is 11.3. The highest BCUT2D eigenvalue weighted by atomic mass is 79.9. The summed E-state index contributed by atoms with van der Waals surface area (Å²) in [4.78, 5) is 14.1. The molecular formula is C26H40BrNO3. The maximum absolute atomic E-state index is 12.2. The number of carbonyl (C=O) groups is 1. The summed E-state index contributed by atoms with van der Waals surface area (Å²) in [5.41, 5.74) is 0.789. The van der Waals surface area contributed by atoms with Gasteiger partial charge in [-0.05, 0) is 90.2 Å². The molecule has 1 heterocycles. The number of likely N-dealkylation sites (tertiary alicyclic amines) is 1. The average Bonchev–Trinajstić information content (AvgIpc) is 2.72. The van der Waals surface area contributed by atoms with Gasteiger partial charge in [0.25, 0.3) is 0 Å². The lowest BCUT2D eigenvalue weighted by molar-refractivity contribution is 0.0179. The van der Waals surface area contributed by atoms with Gasteiger partial charge in [0.05, 0.1) is 6.10 Å². The van der Waals surface area contributed by atoms with Crippen LogP contribution >= 0.6 is 15.9 Å². The molecule has 0 radical (unpaired) electrons. The van der Waals surface area contributed by atoms with Crippen LogP contribution in [0.15, 0.2) is 22.7 Å². The zero-order valence-corrected chi connectivity index (χ0v) is 21.4. The van der Waals surface area contributed by atoms with Crippen LogP contribution in [0.5, 0.6) is 5.75 Å². The summed E-state index contributed by atoms with van der Waals surface area (Å²) in [6, 6.07) is 6.21. The molecule has 0 spiro atoms. The molecule has 1 amide bonds. The molecule has 0 unspecified atom stereocenters. The number of halogens is 1. The van der Waals surface area contributed by atoms with Crippen molar-refractivity contribution in [2.45, 2.75) is 97.2 Å². The zero-order valence-electron chi connectivity index (χ0n) is 19.8. The summed E-state index contributed by atoms with van der Waals surface area (Å²) in [7, 11) is 0. The predicted molar refractivity (Wildman–Crippen MR) is 130 cm³/mol. The second-order valence-electron chi connectivity index (χ2n) is 10.5. The van der Waals surface area contributed by atoms with Crippen LogP contribution in [-0.4, -0.2) is 35.8 Å². The number of hydrogen-bond donors (Lipinski definition) is 0. The smallest absolute Gasteiger partial charge is 0.410 e. The van der Waals surface area contributed by atoms with Crippen LogP contribution in [0.3, 0.4) is 0 Å². The first-order valence-electron chi connectivity index (χ1n) is 12.1. The minimum atomic E-state index is -0.408. The first kappa shape index (κ1) is 24.4. The number of hydrogen-bond acceptors (Lipinski definition) is 3. The third-order valence-corrected chi connectivity index (χ3v) is 7.66. The Hall–Kier alpha value is -1.23. The fourth-order valence-electron chi connectivity index (χ4n) is 4.86. The third-order valence-electron chi connectivity index (χ3n) is 6.80. The summed E-state index contributed by atoms with van der Waals surface area (Å²) in [6.45, 7) is 9.59. The van der Waals surface area contributed by atoms with Gasteiger partial charge >= 0.3 is 6.09 Å². The van der Waals surface area contributed by atoms with Gasteiger partial charge in [-0.15, -0.1) is 0 Å². The Morgan fingerprint density at radius 2 is 1.65 bits per heavy atom. The van der Waals surface area contributed by atoms with Gasteiger partial charge in [-0.1, -0.05) is 41.3 Å². The number of nitrogens with zero attached hydrogens (tertiary/aromatic N) is 1. The molecule has 1 saturated carbocycles. The molecule has 2 fully saturated rings. The normalized spacial score (nSPS) is 22.9. The maximum Gasteiger partial charge on any atom is 0.410 e. The van der Waals surface area contributed by atoms with Gasteiger partial charge in [0, 0.05) is 23.1 Å². The Balaban J connectivity index is 1.30. The van der Waals surface area contributed by atoms with Crippen LogP contribution in [0, 0.1) is 18.8 Å². The predicted octanol–water partition coefficient (Wildman–Crippen LogP) is 7.51. The molecule has 174 valence electrons. The van der Waals surface area contributed by atoms with E-state index in [4.69, 9.17) is 9.47 Å². The zero-order chi connectivity index (χ0) is 22.4. The lowest BCUT2D eigenvalue weighted by Crippen LogP contribution is -2.41. The van der Waals surface area contributed by atoms with Crippen molar-refractivity contribution in [3.05, 3.63) is 28.2 Å². The number of piperidine rings is 1. The van der Waals surface area contributed by atoms with Crippen LogP contribution in [0.1, 0.15) is 84.1 Å². The minimum Gasteiger partial charge on any atom is -0.490 e. The van der Waals surface area contributed by atoms with Crippen LogP contribution < -0.4 is 4.74 Å². The Labute approximate surface area is 197 Å². The van der Waals surface area contributed by atoms with E-state index in [-0.39, 0.29) is 6.09 Å². The molecule has 5 heteroatoms. The molecule has 0 N–H and O–H groups in total. The standard InChI is InChI=1S/C26H40BrNO3/c1-19-23(27)9-6-10-24(19)30-22-13-11-20(12-14-22)7-5-8-21-15-17-28(18-16-21)25(29)31-26(2,3)4/h6,9-10,20-22H,5,7-8,11-18H2,1-4H3/t20-,22+. The number of carbonyl (C=O) groups excluding carboxylic acids is 1.